The van der Waals surface area contributed by atoms with Crippen molar-refractivity contribution in [3.05, 3.63) is 24.3 Å². The van der Waals surface area contributed by atoms with E-state index in [0.717, 1.165) is 17.5 Å². The molecular formula is C14H17F2NO. The van der Waals surface area contributed by atoms with Crippen LogP contribution in [0.5, 0.6) is 5.75 Å². The van der Waals surface area contributed by atoms with Crippen molar-refractivity contribution in [3.8, 4) is 5.75 Å². The van der Waals surface area contributed by atoms with E-state index >= 15 is 0 Å². The van der Waals surface area contributed by atoms with Gasteiger partial charge in [0, 0.05) is 11.7 Å². The molecule has 98 valence electrons. The lowest BCUT2D eigenvalue weighted by molar-refractivity contribution is -0.0498. The highest BCUT2D eigenvalue weighted by Crippen LogP contribution is 2.50. The topological polar surface area (TPSA) is 21.3 Å². The number of nitrogens with one attached hydrogen (secondary N) is 1. The molecule has 1 aromatic rings. The van der Waals surface area contributed by atoms with Gasteiger partial charge in [0.05, 0.1) is 0 Å². The van der Waals surface area contributed by atoms with Gasteiger partial charge < -0.3 is 10.1 Å². The number of fused-ring (bicyclic) bond motifs is 1. The second-order valence-electron chi connectivity index (χ2n) is 5.24. The Kier molecular flexibility index (Phi) is 3.10. The maximum atomic E-state index is 12.0. The fourth-order valence-corrected chi connectivity index (χ4v) is 3.04. The number of anilines is 1. The summed E-state index contributed by atoms with van der Waals surface area (Å²) in [5.74, 6) is 1.97. The number of ether oxygens (including phenoxy) is 1. The highest BCUT2D eigenvalue weighted by atomic mass is 19.3. The standard InChI is InChI=1S/C14H17F2NO/c15-14(16)18-11-6-4-10(5-7-11)17-13-3-1-2-9-8-12(9)13/h4-7,9,12-14,17H,1-3,8H2/t9-,12+,13?/m0/s1. The molecule has 0 aliphatic heterocycles. The molecule has 2 saturated carbocycles. The van der Waals surface area contributed by atoms with Crippen LogP contribution in [0, 0.1) is 11.8 Å². The van der Waals surface area contributed by atoms with Gasteiger partial charge in [-0.05, 0) is 48.9 Å². The van der Waals surface area contributed by atoms with Crippen LogP contribution in [0.1, 0.15) is 25.7 Å². The summed E-state index contributed by atoms with van der Waals surface area (Å²) in [5.41, 5.74) is 0.995. The molecule has 0 heterocycles. The van der Waals surface area contributed by atoms with Gasteiger partial charge in [0.25, 0.3) is 0 Å². The Morgan fingerprint density at radius 3 is 2.67 bits per heavy atom. The zero-order valence-corrected chi connectivity index (χ0v) is 10.1. The van der Waals surface area contributed by atoms with Crippen molar-refractivity contribution < 1.29 is 13.5 Å². The second kappa shape index (κ2) is 4.75. The molecule has 0 bridgehead atoms. The molecule has 4 heteroatoms. The average molecular weight is 253 g/mol. The van der Waals surface area contributed by atoms with Crippen LogP contribution in [0.15, 0.2) is 24.3 Å². The molecule has 0 spiro atoms. The number of benzene rings is 1. The van der Waals surface area contributed by atoms with E-state index in [4.69, 9.17) is 0 Å². The van der Waals surface area contributed by atoms with E-state index in [9.17, 15) is 8.78 Å². The highest BCUT2D eigenvalue weighted by molar-refractivity contribution is 5.47. The Morgan fingerprint density at radius 2 is 1.94 bits per heavy atom. The molecule has 1 N–H and O–H groups in total. The number of halogens is 2. The van der Waals surface area contributed by atoms with Crippen LogP contribution >= 0.6 is 0 Å². The van der Waals surface area contributed by atoms with Crippen molar-refractivity contribution in [3.63, 3.8) is 0 Å². The normalized spacial score (nSPS) is 29.8. The summed E-state index contributed by atoms with van der Waals surface area (Å²) >= 11 is 0. The molecule has 1 aromatic carbocycles. The first kappa shape index (κ1) is 11.8. The minimum absolute atomic E-state index is 0.212. The van der Waals surface area contributed by atoms with E-state index in [1.165, 1.54) is 25.7 Å². The van der Waals surface area contributed by atoms with Crippen LogP contribution in [0.25, 0.3) is 0 Å². The predicted molar refractivity (Wildman–Crippen MR) is 65.9 cm³/mol. The van der Waals surface area contributed by atoms with Gasteiger partial charge in [0.2, 0.25) is 0 Å². The molecular weight excluding hydrogens is 236 g/mol. The molecule has 1 unspecified atom stereocenters. The fourth-order valence-electron chi connectivity index (χ4n) is 3.04. The fraction of sp³-hybridized carbons (Fsp3) is 0.571. The van der Waals surface area contributed by atoms with Crippen LogP contribution in [-0.4, -0.2) is 12.7 Å². The van der Waals surface area contributed by atoms with Crippen molar-refractivity contribution in [1.82, 2.24) is 0 Å². The first-order chi connectivity index (χ1) is 8.72. The largest absolute Gasteiger partial charge is 0.435 e. The van der Waals surface area contributed by atoms with Gasteiger partial charge in [0.1, 0.15) is 5.75 Å². The maximum Gasteiger partial charge on any atom is 0.387 e. The minimum Gasteiger partial charge on any atom is -0.435 e. The molecule has 3 atom stereocenters. The summed E-state index contributed by atoms with van der Waals surface area (Å²) in [6.07, 6.45) is 5.25. The summed E-state index contributed by atoms with van der Waals surface area (Å²) < 4.78 is 28.4. The SMILES string of the molecule is FC(F)Oc1ccc(NC2CCC[C@H]3C[C@@H]23)cc1. The van der Waals surface area contributed by atoms with E-state index in [-0.39, 0.29) is 5.75 Å². The van der Waals surface area contributed by atoms with Gasteiger partial charge in [-0.2, -0.15) is 8.78 Å². The molecule has 0 aromatic heterocycles. The molecule has 0 saturated heterocycles. The second-order valence-corrected chi connectivity index (χ2v) is 5.24. The van der Waals surface area contributed by atoms with Crippen molar-refractivity contribution in [2.24, 2.45) is 11.8 Å². The Hall–Kier alpha value is -1.32. The third-order valence-corrected chi connectivity index (χ3v) is 4.02. The van der Waals surface area contributed by atoms with Crippen LogP contribution < -0.4 is 10.1 Å². The van der Waals surface area contributed by atoms with Gasteiger partial charge in [0.15, 0.2) is 0 Å². The summed E-state index contributed by atoms with van der Waals surface area (Å²) in [6.45, 7) is -2.76. The van der Waals surface area contributed by atoms with E-state index < -0.39 is 6.61 Å². The van der Waals surface area contributed by atoms with Gasteiger partial charge in [-0.25, -0.2) is 0 Å². The van der Waals surface area contributed by atoms with Gasteiger partial charge in [-0.3, -0.25) is 0 Å². The summed E-state index contributed by atoms with van der Waals surface area (Å²) in [4.78, 5) is 0. The van der Waals surface area contributed by atoms with Gasteiger partial charge >= 0.3 is 6.61 Å². The van der Waals surface area contributed by atoms with Crippen LogP contribution in [0.3, 0.4) is 0 Å². The van der Waals surface area contributed by atoms with Crippen LogP contribution in [0.4, 0.5) is 14.5 Å². The molecule has 2 aliphatic carbocycles. The number of rotatable bonds is 4. The minimum atomic E-state index is -2.76. The zero-order chi connectivity index (χ0) is 12.5. The lowest BCUT2D eigenvalue weighted by Crippen LogP contribution is -2.25. The van der Waals surface area contributed by atoms with Gasteiger partial charge in [-0.1, -0.05) is 12.8 Å². The monoisotopic (exact) mass is 253 g/mol. The Morgan fingerprint density at radius 1 is 1.17 bits per heavy atom. The Bertz CT molecular complexity index is 407. The summed E-state index contributed by atoms with van der Waals surface area (Å²) in [7, 11) is 0. The van der Waals surface area contributed by atoms with Crippen molar-refractivity contribution >= 4 is 5.69 Å². The summed E-state index contributed by atoms with van der Waals surface area (Å²) in [6, 6.07) is 7.35. The Labute approximate surface area is 105 Å². The molecule has 0 radical (unpaired) electrons. The smallest absolute Gasteiger partial charge is 0.387 e. The van der Waals surface area contributed by atoms with Crippen molar-refractivity contribution in [2.45, 2.75) is 38.3 Å². The van der Waals surface area contributed by atoms with Crippen LogP contribution in [-0.2, 0) is 0 Å². The third-order valence-electron chi connectivity index (χ3n) is 4.02. The van der Waals surface area contributed by atoms with E-state index in [1.807, 2.05) is 12.1 Å². The van der Waals surface area contributed by atoms with E-state index in [0.29, 0.717) is 6.04 Å². The van der Waals surface area contributed by atoms with Crippen LogP contribution in [0.2, 0.25) is 0 Å². The first-order valence-electron chi connectivity index (χ1n) is 6.54. The number of hydrogen-bond donors (Lipinski definition) is 1. The zero-order valence-electron chi connectivity index (χ0n) is 10.1. The van der Waals surface area contributed by atoms with Gasteiger partial charge in [-0.15, -0.1) is 0 Å². The van der Waals surface area contributed by atoms with Crippen molar-refractivity contribution in [2.75, 3.05) is 5.32 Å². The highest BCUT2D eigenvalue weighted by Gasteiger charge is 2.44. The lowest BCUT2D eigenvalue weighted by atomic mass is 9.95. The molecule has 2 aliphatic rings. The average Bonchev–Trinajstić information content (AvgIpc) is 3.11. The first-order valence-corrected chi connectivity index (χ1v) is 6.54. The molecule has 2 nitrogen and oxygen atoms in total. The summed E-state index contributed by atoms with van der Waals surface area (Å²) in [5, 5.41) is 3.51. The number of alkyl halides is 2. The maximum absolute atomic E-state index is 12.0. The molecule has 3 rings (SSSR count). The van der Waals surface area contributed by atoms with E-state index in [2.05, 4.69) is 10.1 Å². The third kappa shape index (κ3) is 2.57. The lowest BCUT2D eigenvalue weighted by Gasteiger charge is -2.23. The molecule has 18 heavy (non-hydrogen) atoms. The number of hydrogen-bond acceptors (Lipinski definition) is 2. The predicted octanol–water partition coefficient (Wildman–Crippen LogP) is 3.89. The quantitative estimate of drug-likeness (QED) is 0.879. The van der Waals surface area contributed by atoms with Crippen molar-refractivity contribution in [1.29, 1.82) is 0 Å². The Balaban J connectivity index is 1.59. The van der Waals surface area contributed by atoms with E-state index in [1.54, 1.807) is 12.1 Å². The molecule has 2 fully saturated rings. The molecule has 0 amide bonds.